The number of hydrogen-bond acceptors (Lipinski definition) is 2. The Hall–Kier alpha value is -1.06. The Bertz CT molecular complexity index is 290. The predicted octanol–water partition coefficient (Wildman–Crippen LogP) is 1.64. The number of rotatable bonds is 3. The monoisotopic (exact) mass is 225 g/mol. The van der Waals surface area contributed by atoms with Crippen molar-refractivity contribution in [3.05, 3.63) is 0 Å². The van der Waals surface area contributed by atoms with Crippen LogP contribution in [0.1, 0.15) is 44.9 Å². The summed E-state index contributed by atoms with van der Waals surface area (Å²) in [7, 11) is 0. The van der Waals surface area contributed by atoms with Gasteiger partial charge in [0.15, 0.2) is 0 Å². The van der Waals surface area contributed by atoms with Crippen molar-refractivity contribution in [3.8, 4) is 0 Å². The van der Waals surface area contributed by atoms with E-state index in [1.807, 2.05) is 4.90 Å². The van der Waals surface area contributed by atoms with Crippen LogP contribution in [0.3, 0.4) is 0 Å². The highest BCUT2D eigenvalue weighted by molar-refractivity contribution is 5.80. The zero-order chi connectivity index (χ0) is 11.5. The third-order valence-electron chi connectivity index (χ3n) is 3.81. The van der Waals surface area contributed by atoms with Gasteiger partial charge in [0.1, 0.15) is 0 Å². The van der Waals surface area contributed by atoms with E-state index in [-0.39, 0.29) is 18.2 Å². The van der Waals surface area contributed by atoms with Crippen LogP contribution in [0, 0.1) is 5.92 Å². The fourth-order valence-electron chi connectivity index (χ4n) is 2.91. The maximum atomic E-state index is 12.1. The van der Waals surface area contributed by atoms with Crippen molar-refractivity contribution in [2.75, 3.05) is 6.54 Å². The van der Waals surface area contributed by atoms with E-state index < -0.39 is 5.97 Å². The first-order valence-corrected chi connectivity index (χ1v) is 6.21. The van der Waals surface area contributed by atoms with Crippen molar-refractivity contribution in [1.82, 2.24) is 4.90 Å². The van der Waals surface area contributed by atoms with Crippen molar-refractivity contribution in [1.29, 1.82) is 0 Å². The Labute approximate surface area is 95.6 Å². The number of carboxylic acids is 1. The van der Waals surface area contributed by atoms with Crippen LogP contribution in [0.15, 0.2) is 0 Å². The van der Waals surface area contributed by atoms with Gasteiger partial charge in [-0.2, -0.15) is 0 Å². The smallest absolute Gasteiger partial charge is 0.303 e. The first-order chi connectivity index (χ1) is 7.68. The summed E-state index contributed by atoms with van der Waals surface area (Å²) in [6.07, 6.45) is 6.05. The van der Waals surface area contributed by atoms with Gasteiger partial charge in [-0.3, -0.25) is 9.59 Å². The van der Waals surface area contributed by atoms with Crippen LogP contribution in [-0.4, -0.2) is 34.5 Å². The molecule has 0 aliphatic carbocycles. The van der Waals surface area contributed by atoms with Crippen molar-refractivity contribution in [2.24, 2.45) is 5.92 Å². The number of piperidine rings is 2. The largest absolute Gasteiger partial charge is 0.481 e. The highest BCUT2D eigenvalue weighted by Crippen LogP contribution is 2.31. The number of nitrogens with zero attached hydrogens (tertiary/aromatic N) is 1. The molecule has 0 radical (unpaired) electrons. The van der Waals surface area contributed by atoms with Gasteiger partial charge in [-0.15, -0.1) is 0 Å². The predicted molar refractivity (Wildman–Crippen MR) is 58.9 cm³/mol. The topological polar surface area (TPSA) is 57.6 Å². The van der Waals surface area contributed by atoms with Crippen LogP contribution in [0.5, 0.6) is 0 Å². The molecule has 2 rings (SSSR count). The Morgan fingerprint density at radius 2 is 2.12 bits per heavy atom. The molecule has 0 spiro atoms. The molecule has 0 bridgehead atoms. The second-order valence-corrected chi connectivity index (χ2v) is 4.89. The molecule has 0 aromatic carbocycles. The van der Waals surface area contributed by atoms with E-state index in [9.17, 15) is 9.59 Å². The molecule has 2 unspecified atom stereocenters. The summed E-state index contributed by atoms with van der Waals surface area (Å²) in [5, 5.41) is 8.64. The molecule has 2 fully saturated rings. The van der Waals surface area contributed by atoms with Crippen LogP contribution in [0.2, 0.25) is 0 Å². The van der Waals surface area contributed by atoms with Crippen molar-refractivity contribution >= 4 is 11.9 Å². The fraction of sp³-hybridized carbons (Fsp3) is 0.833. The van der Waals surface area contributed by atoms with Crippen LogP contribution < -0.4 is 0 Å². The summed E-state index contributed by atoms with van der Waals surface area (Å²) in [6.45, 7) is 0.882. The molecule has 2 heterocycles. The van der Waals surface area contributed by atoms with Gasteiger partial charge in [-0.05, 0) is 38.5 Å². The van der Waals surface area contributed by atoms with Gasteiger partial charge in [-0.25, -0.2) is 0 Å². The summed E-state index contributed by atoms with van der Waals surface area (Å²) >= 11 is 0. The molecule has 2 atom stereocenters. The van der Waals surface area contributed by atoms with Gasteiger partial charge in [-0.1, -0.05) is 0 Å². The third kappa shape index (κ3) is 2.36. The lowest BCUT2D eigenvalue weighted by Crippen LogP contribution is -2.50. The van der Waals surface area contributed by atoms with Crippen molar-refractivity contribution < 1.29 is 14.7 Å². The molecule has 4 nitrogen and oxygen atoms in total. The summed E-state index contributed by atoms with van der Waals surface area (Å²) in [6, 6.07) is 0.447. The Balaban J connectivity index is 1.92. The van der Waals surface area contributed by atoms with Gasteiger partial charge in [0.2, 0.25) is 5.91 Å². The maximum absolute atomic E-state index is 12.1. The van der Waals surface area contributed by atoms with E-state index in [0.29, 0.717) is 12.5 Å². The normalized spacial score (nSPS) is 30.0. The number of amides is 1. The van der Waals surface area contributed by atoms with E-state index in [0.717, 1.165) is 32.2 Å². The zero-order valence-corrected chi connectivity index (χ0v) is 9.52. The van der Waals surface area contributed by atoms with Crippen LogP contribution in [-0.2, 0) is 9.59 Å². The number of fused-ring (bicyclic) bond motifs is 1. The molecular weight excluding hydrogens is 206 g/mol. The number of carboxylic acid groups (broad SMARTS) is 1. The molecule has 4 heteroatoms. The van der Waals surface area contributed by atoms with Crippen LogP contribution in [0.4, 0.5) is 0 Å². The number of aliphatic carboxylic acids is 1. The molecule has 0 aromatic rings. The molecule has 1 N–H and O–H groups in total. The summed E-state index contributed by atoms with van der Waals surface area (Å²) in [4.78, 5) is 24.6. The molecule has 2 aliphatic rings. The summed E-state index contributed by atoms with van der Waals surface area (Å²) in [5.74, 6) is -0.629. The van der Waals surface area contributed by atoms with Gasteiger partial charge < -0.3 is 10.0 Å². The second kappa shape index (κ2) is 4.85. The maximum Gasteiger partial charge on any atom is 0.303 e. The number of carbonyl (C=O) groups excluding carboxylic acids is 1. The molecule has 16 heavy (non-hydrogen) atoms. The van der Waals surface area contributed by atoms with Crippen molar-refractivity contribution in [3.63, 3.8) is 0 Å². The number of carbonyl (C=O) groups is 2. The first-order valence-electron chi connectivity index (χ1n) is 6.21. The molecule has 2 saturated heterocycles. The Kier molecular flexibility index (Phi) is 3.46. The van der Waals surface area contributed by atoms with Crippen molar-refractivity contribution in [2.45, 2.75) is 51.0 Å². The zero-order valence-electron chi connectivity index (χ0n) is 9.52. The first kappa shape index (κ1) is 11.4. The summed E-state index contributed by atoms with van der Waals surface area (Å²) in [5.41, 5.74) is 0. The Morgan fingerprint density at radius 1 is 1.31 bits per heavy atom. The van der Waals surface area contributed by atoms with Gasteiger partial charge in [0.05, 0.1) is 0 Å². The highest BCUT2D eigenvalue weighted by atomic mass is 16.4. The van der Waals surface area contributed by atoms with Crippen LogP contribution >= 0.6 is 0 Å². The highest BCUT2D eigenvalue weighted by Gasteiger charge is 2.36. The average Bonchev–Trinajstić information content (AvgIpc) is 2.28. The van der Waals surface area contributed by atoms with E-state index in [4.69, 9.17) is 5.11 Å². The summed E-state index contributed by atoms with van der Waals surface area (Å²) < 4.78 is 0. The average molecular weight is 225 g/mol. The molecule has 2 aliphatic heterocycles. The third-order valence-corrected chi connectivity index (χ3v) is 3.81. The Morgan fingerprint density at radius 3 is 2.88 bits per heavy atom. The van der Waals surface area contributed by atoms with Gasteiger partial charge >= 0.3 is 5.97 Å². The number of hydrogen-bond donors (Lipinski definition) is 1. The standard InChI is InChI=1S/C12H19NO3/c14-11(15)7-5-9-4-6-10-3-1-2-8-13(10)12(9)16/h9-10H,1-8H2,(H,14,15). The van der Waals surface area contributed by atoms with E-state index in [1.165, 1.54) is 6.42 Å². The molecule has 90 valence electrons. The second-order valence-electron chi connectivity index (χ2n) is 4.89. The molecule has 1 amide bonds. The lowest BCUT2D eigenvalue weighted by atomic mass is 9.85. The minimum Gasteiger partial charge on any atom is -0.481 e. The molecule has 0 aromatic heterocycles. The lowest BCUT2D eigenvalue weighted by Gasteiger charge is -2.42. The van der Waals surface area contributed by atoms with E-state index in [2.05, 4.69) is 0 Å². The minimum absolute atomic E-state index is 0.0366. The SMILES string of the molecule is O=C(O)CCC1CCC2CCCCN2C1=O. The fourth-order valence-corrected chi connectivity index (χ4v) is 2.91. The molecule has 0 saturated carbocycles. The lowest BCUT2D eigenvalue weighted by molar-refractivity contribution is -0.144. The van der Waals surface area contributed by atoms with Crippen LogP contribution in [0.25, 0.3) is 0 Å². The van der Waals surface area contributed by atoms with E-state index >= 15 is 0 Å². The van der Waals surface area contributed by atoms with Gasteiger partial charge in [0.25, 0.3) is 0 Å². The quantitative estimate of drug-likeness (QED) is 0.794. The minimum atomic E-state index is -0.798. The van der Waals surface area contributed by atoms with Gasteiger partial charge in [0, 0.05) is 24.9 Å². The van der Waals surface area contributed by atoms with E-state index in [1.54, 1.807) is 0 Å². The molecular formula is C12H19NO3.